The predicted octanol–water partition coefficient (Wildman–Crippen LogP) is 1.96. The van der Waals surface area contributed by atoms with Crippen LogP contribution >= 0.6 is 0 Å². The van der Waals surface area contributed by atoms with Crippen molar-refractivity contribution in [1.82, 2.24) is 0 Å². The van der Waals surface area contributed by atoms with Gasteiger partial charge in [-0.1, -0.05) is 53.9 Å². The Balaban J connectivity index is 0.000000208. The molecule has 0 aromatic heterocycles. The molecule has 4 aromatic rings. The van der Waals surface area contributed by atoms with Gasteiger partial charge in [-0.25, -0.2) is 12.2 Å². The fourth-order valence-electron chi connectivity index (χ4n) is 4.87. The quantitative estimate of drug-likeness (QED) is 0.201. The summed E-state index contributed by atoms with van der Waals surface area (Å²) in [7, 11) is 0. The minimum atomic E-state index is 0. The number of allylic oxidation sites excluding steroid dienone is 4. The number of hydrogen-bond donors (Lipinski definition) is 0. The van der Waals surface area contributed by atoms with Crippen LogP contribution in [0.15, 0.2) is 85.0 Å². The first kappa shape index (κ1) is 26.8. The molecule has 0 unspecified atom stereocenters. The summed E-state index contributed by atoms with van der Waals surface area (Å²) in [5.74, 6) is 0. The Morgan fingerprint density at radius 3 is 2.12 bits per heavy atom. The third-order valence-electron chi connectivity index (χ3n) is 6.39. The van der Waals surface area contributed by atoms with Crippen molar-refractivity contribution >= 4 is 24.8 Å². The zero-order valence-corrected chi connectivity index (χ0v) is 23.1. The van der Waals surface area contributed by atoms with Crippen molar-refractivity contribution in [1.29, 1.82) is 0 Å². The van der Waals surface area contributed by atoms with E-state index in [1.807, 2.05) is 18.2 Å². The van der Waals surface area contributed by atoms with Crippen LogP contribution in [-0.2, 0) is 30.7 Å². The van der Waals surface area contributed by atoms with Gasteiger partial charge >= 0.3 is 53.1 Å². The summed E-state index contributed by atoms with van der Waals surface area (Å²) in [6, 6.07) is 27.3. The molecule has 0 N–H and O–H groups in total. The number of benzene rings is 4. The molecular weight excluding hydrogens is 534 g/mol. The van der Waals surface area contributed by atoms with E-state index >= 15 is 0 Å². The molecular formula is C31H26Cl2Zr-2. The maximum atomic E-state index is 3.48. The molecule has 0 heterocycles. The topological polar surface area (TPSA) is 0 Å². The van der Waals surface area contributed by atoms with E-state index < -0.39 is 0 Å². The molecule has 0 radical (unpaired) electrons. The molecule has 170 valence electrons. The van der Waals surface area contributed by atoms with Crippen molar-refractivity contribution in [2.45, 2.75) is 38.5 Å². The van der Waals surface area contributed by atoms with E-state index in [1.54, 1.807) is 27.4 Å². The Labute approximate surface area is 230 Å². The van der Waals surface area contributed by atoms with E-state index in [0.29, 0.717) is 0 Å². The molecule has 34 heavy (non-hydrogen) atoms. The Morgan fingerprint density at radius 1 is 0.765 bits per heavy atom. The number of fused-ring (bicyclic) bond motifs is 8. The van der Waals surface area contributed by atoms with Gasteiger partial charge in [0.05, 0.1) is 0 Å². The van der Waals surface area contributed by atoms with Crippen LogP contribution in [0.25, 0.3) is 32.7 Å². The van der Waals surface area contributed by atoms with Gasteiger partial charge in [-0.3, -0.25) is 6.08 Å². The summed E-state index contributed by atoms with van der Waals surface area (Å²) < 4.78 is 1.79. The monoisotopic (exact) mass is 558 g/mol. The van der Waals surface area contributed by atoms with E-state index in [-0.39, 0.29) is 24.8 Å². The SMILES string of the molecule is [C-]1=CC=CC1.[Cl-].[Cl-].[Zr+2]=[C]1CCCC1.[c-]1cccc2c1c1c(c3ccccc32)-c2ccccc2C1. The summed E-state index contributed by atoms with van der Waals surface area (Å²) in [6.45, 7) is 0. The Kier molecular flexibility index (Phi) is 10.1. The summed E-state index contributed by atoms with van der Waals surface area (Å²) >= 11 is 1.68. The second kappa shape index (κ2) is 12.8. The van der Waals surface area contributed by atoms with Gasteiger partial charge in [-0.15, -0.1) is 47.0 Å². The summed E-state index contributed by atoms with van der Waals surface area (Å²) in [4.78, 5) is 0. The van der Waals surface area contributed by atoms with E-state index in [0.717, 1.165) is 12.8 Å². The number of hydrogen-bond acceptors (Lipinski definition) is 0. The van der Waals surface area contributed by atoms with Gasteiger partial charge in [-0.2, -0.15) is 6.08 Å². The molecule has 7 rings (SSSR count). The zero-order chi connectivity index (χ0) is 21.8. The van der Waals surface area contributed by atoms with Gasteiger partial charge in [-0.05, 0) is 28.5 Å². The van der Waals surface area contributed by atoms with Gasteiger partial charge in [0.1, 0.15) is 0 Å². The molecule has 0 atom stereocenters. The van der Waals surface area contributed by atoms with Gasteiger partial charge in [0.25, 0.3) is 0 Å². The van der Waals surface area contributed by atoms with Gasteiger partial charge < -0.3 is 24.8 Å². The van der Waals surface area contributed by atoms with Gasteiger partial charge in [0.2, 0.25) is 0 Å². The van der Waals surface area contributed by atoms with E-state index in [2.05, 4.69) is 78.9 Å². The largest absolute Gasteiger partial charge is 0.147 e. The van der Waals surface area contributed by atoms with Crippen molar-refractivity contribution in [2.75, 3.05) is 0 Å². The van der Waals surface area contributed by atoms with E-state index in [1.165, 1.54) is 69.5 Å². The van der Waals surface area contributed by atoms with Crippen LogP contribution in [0.1, 0.15) is 43.2 Å². The fraction of sp³-hybridized carbons (Fsp3) is 0.194. The maximum absolute atomic E-state index is 3.48. The maximum Gasteiger partial charge on any atom is -0.0240 e. The van der Waals surface area contributed by atoms with Crippen LogP contribution in [-0.4, -0.2) is 3.21 Å². The molecule has 1 saturated carbocycles. The molecule has 3 aliphatic carbocycles. The smallest absolute Gasteiger partial charge is 0.0240 e. The molecule has 4 aromatic carbocycles. The second-order valence-corrected chi connectivity index (χ2v) is 10.2. The molecule has 0 saturated heterocycles. The van der Waals surface area contributed by atoms with Gasteiger partial charge in [0, 0.05) is 0 Å². The van der Waals surface area contributed by atoms with Crippen LogP contribution in [0.3, 0.4) is 0 Å². The normalized spacial score (nSPS) is 14.4. The fourth-order valence-corrected chi connectivity index (χ4v) is 5.74. The minimum absolute atomic E-state index is 0. The molecule has 0 aliphatic heterocycles. The Morgan fingerprint density at radius 2 is 1.47 bits per heavy atom. The van der Waals surface area contributed by atoms with Crippen molar-refractivity contribution < 1.29 is 49.0 Å². The molecule has 3 aliphatic rings. The Hall–Kier alpha value is -1.79. The molecule has 1 fully saturated rings. The minimum Gasteiger partial charge on any atom is -0.147 e. The van der Waals surface area contributed by atoms with E-state index in [9.17, 15) is 0 Å². The van der Waals surface area contributed by atoms with Crippen molar-refractivity contribution in [3.05, 3.63) is 108 Å². The van der Waals surface area contributed by atoms with Crippen molar-refractivity contribution in [2.24, 2.45) is 0 Å². The van der Waals surface area contributed by atoms with Crippen molar-refractivity contribution in [3.63, 3.8) is 0 Å². The standard InChI is InChI=1S/C21H13.C5H8.C5H5.2ClH.Zr/c1-2-8-15-14(7-1)13-20-18-11-4-3-9-16(18)17-10-5-6-12-19(17)21(15)20;2*1-2-4-5-3-1;;;/h1-10,12H,13H2;1-4H2;1-3H,4H2;2*1H;/q-1;;-1;;;+2/p-2. The Bertz CT molecular complexity index is 1330. The van der Waals surface area contributed by atoms with Crippen LogP contribution in [0.4, 0.5) is 0 Å². The third kappa shape index (κ3) is 5.71. The predicted molar refractivity (Wildman–Crippen MR) is 134 cm³/mol. The van der Waals surface area contributed by atoms with E-state index in [4.69, 9.17) is 0 Å². The summed E-state index contributed by atoms with van der Waals surface area (Å²) in [5.41, 5.74) is 5.67. The zero-order valence-electron chi connectivity index (χ0n) is 19.1. The van der Waals surface area contributed by atoms with Crippen LogP contribution in [0, 0.1) is 12.1 Å². The molecule has 0 nitrogen and oxygen atoms in total. The number of rotatable bonds is 0. The summed E-state index contributed by atoms with van der Waals surface area (Å²) in [6.07, 6.45) is 16.9. The first-order chi connectivity index (χ1) is 15.8. The first-order valence-electron chi connectivity index (χ1n) is 11.5. The average Bonchev–Trinajstić information content (AvgIpc) is 3.62. The molecule has 0 spiro atoms. The van der Waals surface area contributed by atoms with Crippen LogP contribution in [0.5, 0.6) is 0 Å². The van der Waals surface area contributed by atoms with Crippen LogP contribution < -0.4 is 24.8 Å². The molecule has 3 heteroatoms. The second-order valence-electron chi connectivity index (χ2n) is 8.51. The summed E-state index contributed by atoms with van der Waals surface area (Å²) in [5, 5.41) is 5.30. The average molecular weight is 561 g/mol. The van der Waals surface area contributed by atoms with Gasteiger partial charge in [0.15, 0.2) is 0 Å². The third-order valence-corrected chi connectivity index (χ3v) is 7.62. The molecule has 0 bridgehead atoms. The number of halogens is 2. The van der Waals surface area contributed by atoms with Crippen LogP contribution in [0.2, 0.25) is 0 Å². The molecule has 0 amide bonds. The first-order valence-corrected chi connectivity index (χ1v) is 12.8. The van der Waals surface area contributed by atoms with Crippen molar-refractivity contribution in [3.8, 4) is 11.1 Å².